The van der Waals surface area contributed by atoms with Crippen molar-refractivity contribution in [2.45, 2.75) is 52.7 Å². The number of aromatic nitrogens is 2. The third kappa shape index (κ3) is 5.14. The van der Waals surface area contributed by atoms with E-state index in [9.17, 15) is 4.79 Å². The van der Waals surface area contributed by atoms with Gasteiger partial charge in [-0.25, -0.2) is 13.9 Å². The van der Waals surface area contributed by atoms with Gasteiger partial charge in [0.25, 0.3) is 5.82 Å². The van der Waals surface area contributed by atoms with Crippen LogP contribution in [0.15, 0.2) is 48.5 Å². The number of halogens is 2. The molecule has 1 aromatic heterocycles. The number of esters is 1. The molecule has 0 amide bonds. The third-order valence-electron chi connectivity index (χ3n) is 6.72. The van der Waals surface area contributed by atoms with Gasteiger partial charge < -0.3 is 28.7 Å². The Morgan fingerprint density at radius 3 is 2.66 bits per heavy atom. The van der Waals surface area contributed by atoms with Crippen LogP contribution >= 0.6 is 11.6 Å². The second-order valence-electron chi connectivity index (χ2n) is 9.32. The van der Waals surface area contributed by atoms with Crippen LogP contribution in [-0.2, 0) is 23.1 Å². The van der Waals surface area contributed by atoms with Gasteiger partial charge in [0.15, 0.2) is 17.6 Å². The molecule has 4 nitrogen and oxygen atoms in total. The number of aryl methyl sites for hydroxylation is 1. The number of carbonyl (C=O) groups is 1. The van der Waals surface area contributed by atoms with Crippen molar-refractivity contribution in [3.63, 3.8) is 0 Å². The number of para-hydroxylation sites is 2. The Kier molecular flexibility index (Phi) is 8.26. The lowest BCUT2D eigenvalue weighted by atomic mass is 9.75. The average molecular weight is 567 g/mol. The quantitative estimate of drug-likeness (QED) is 0.271. The number of hydrogen-bond acceptors (Lipinski definition) is 2. The van der Waals surface area contributed by atoms with Crippen LogP contribution in [0, 0.1) is 17.8 Å². The molecule has 1 aliphatic rings. The lowest BCUT2D eigenvalue weighted by Crippen LogP contribution is -3.00. The van der Waals surface area contributed by atoms with Crippen LogP contribution in [0.2, 0.25) is 5.02 Å². The molecule has 0 saturated heterocycles. The predicted octanol–water partition coefficient (Wildman–Crippen LogP) is 2.79. The zero-order chi connectivity index (χ0) is 22.1. The number of carbonyl (C=O) groups excluding carboxylic acids is 1. The van der Waals surface area contributed by atoms with Gasteiger partial charge in [-0.05, 0) is 60.9 Å². The fraction of sp³-hybridized carbons (Fsp3) is 0.462. The van der Waals surface area contributed by atoms with Crippen LogP contribution in [0.25, 0.3) is 22.4 Å². The monoisotopic (exact) mass is 566 g/mol. The van der Waals surface area contributed by atoms with Gasteiger partial charge in [0.1, 0.15) is 6.10 Å². The number of rotatable bonds is 5. The molecule has 3 aromatic rings. The van der Waals surface area contributed by atoms with Crippen LogP contribution < -0.4 is 28.5 Å². The summed E-state index contributed by atoms with van der Waals surface area (Å²) in [6.45, 7) is 6.91. The van der Waals surface area contributed by atoms with Gasteiger partial charge in [-0.3, -0.25) is 0 Å². The van der Waals surface area contributed by atoms with Crippen LogP contribution in [0.1, 0.15) is 40.0 Å². The van der Waals surface area contributed by atoms with Crippen molar-refractivity contribution < 1.29 is 38.1 Å². The summed E-state index contributed by atoms with van der Waals surface area (Å²) in [6, 6.07) is 15.9. The first kappa shape index (κ1) is 25.0. The van der Waals surface area contributed by atoms with Gasteiger partial charge in [0.2, 0.25) is 0 Å². The van der Waals surface area contributed by atoms with Crippen molar-refractivity contribution in [1.29, 1.82) is 0 Å². The van der Waals surface area contributed by atoms with E-state index < -0.39 is 0 Å². The highest BCUT2D eigenvalue weighted by molar-refractivity contribution is 6.30. The van der Waals surface area contributed by atoms with Crippen molar-refractivity contribution in [3.05, 3.63) is 53.6 Å². The molecule has 1 fully saturated rings. The molecule has 6 heteroatoms. The molecular weight excluding hydrogens is 535 g/mol. The highest BCUT2D eigenvalue weighted by atomic mass is 127. The Balaban J connectivity index is 0.00000289. The highest BCUT2D eigenvalue weighted by Gasteiger charge is 2.34. The molecule has 0 spiro atoms. The van der Waals surface area contributed by atoms with Gasteiger partial charge in [-0.2, -0.15) is 0 Å². The fourth-order valence-electron chi connectivity index (χ4n) is 5.11. The maximum Gasteiger partial charge on any atom is 0.348 e. The van der Waals surface area contributed by atoms with E-state index in [4.69, 9.17) is 16.3 Å². The summed E-state index contributed by atoms with van der Waals surface area (Å²) in [5.74, 6) is 2.31. The van der Waals surface area contributed by atoms with E-state index >= 15 is 0 Å². The first-order valence-electron chi connectivity index (χ1n) is 11.3. The molecule has 1 aliphatic carbocycles. The Morgan fingerprint density at radius 1 is 1.19 bits per heavy atom. The predicted molar refractivity (Wildman–Crippen MR) is 125 cm³/mol. The molecule has 1 saturated carbocycles. The maximum absolute atomic E-state index is 13.2. The van der Waals surface area contributed by atoms with Gasteiger partial charge in [0, 0.05) is 5.02 Å². The van der Waals surface area contributed by atoms with Crippen molar-refractivity contribution in [1.82, 2.24) is 4.57 Å². The van der Waals surface area contributed by atoms with Crippen molar-refractivity contribution in [2.75, 3.05) is 0 Å². The summed E-state index contributed by atoms with van der Waals surface area (Å²) >= 11 is 6.28. The topological polar surface area (TPSA) is 35.1 Å². The first-order chi connectivity index (χ1) is 14.8. The van der Waals surface area contributed by atoms with Gasteiger partial charge in [-0.15, -0.1) is 0 Å². The van der Waals surface area contributed by atoms with Gasteiger partial charge in [0.05, 0.1) is 12.6 Å². The Labute approximate surface area is 212 Å². The van der Waals surface area contributed by atoms with Crippen LogP contribution in [0.4, 0.5) is 0 Å². The second kappa shape index (κ2) is 10.6. The molecule has 3 atom stereocenters. The summed E-state index contributed by atoms with van der Waals surface area (Å²) in [5, 5.41) is 0.674. The third-order valence-corrected chi connectivity index (χ3v) is 6.96. The minimum Gasteiger partial charge on any atom is -1.00 e. The van der Waals surface area contributed by atoms with Crippen LogP contribution in [0.5, 0.6) is 0 Å². The Hall–Kier alpha value is -1.60. The maximum atomic E-state index is 13.2. The van der Waals surface area contributed by atoms with Gasteiger partial charge >= 0.3 is 5.97 Å². The van der Waals surface area contributed by atoms with E-state index in [-0.39, 0.29) is 42.6 Å². The van der Waals surface area contributed by atoms with Crippen molar-refractivity contribution >= 4 is 28.6 Å². The number of benzene rings is 2. The number of hydrogen-bond donors (Lipinski definition) is 0. The first-order valence-corrected chi connectivity index (χ1v) is 11.7. The minimum atomic E-state index is -0.172. The summed E-state index contributed by atoms with van der Waals surface area (Å²) in [6.07, 6.45) is 3.30. The minimum absolute atomic E-state index is 0. The Bertz CT molecular complexity index is 1090. The molecule has 4 rings (SSSR count). The summed E-state index contributed by atoms with van der Waals surface area (Å²) in [7, 11) is 2.03. The van der Waals surface area contributed by atoms with Gasteiger partial charge in [-0.1, -0.05) is 57.0 Å². The number of ether oxygens (including phenoxy) is 1. The van der Waals surface area contributed by atoms with Crippen molar-refractivity contribution in [2.24, 2.45) is 24.8 Å². The van der Waals surface area contributed by atoms with E-state index in [0.29, 0.717) is 22.8 Å². The summed E-state index contributed by atoms with van der Waals surface area (Å²) in [5.41, 5.74) is 3.05. The summed E-state index contributed by atoms with van der Waals surface area (Å²) in [4.78, 5) is 13.2. The number of fused-ring (bicyclic) bond motifs is 1. The number of nitrogens with zero attached hydrogens (tertiary/aromatic N) is 2. The Morgan fingerprint density at radius 2 is 1.94 bits per heavy atom. The van der Waals surface area contributed by atoms with Crippen LogP contribution in [-0.4, -0.2) is 16.6 Å². The molecular formula is C26H32ClIN2O2. The van der Waals surface area contributed by atoms with E-state index in [2.05, 4.69) is 42.0 Å². The lowest BCUT2D eigenvalue weighted by Gasteiger charge is -2.36. The van der Waals surface area contributed by atoms with E-state index in [1.807, 2.05) is 43.4 Å². The molecule has 2 aromatic carbocycles. The fourth-order valence-corrected chi connectivity index (χ4v) is 5.30. The van der Waals surface area contributed by atoms with Crippen molar-refractivity contribution in [3.8, 4) is 11.4 Å². The standard InChI is InChI=1S/C26H32ClN2O2.HI/c1-17(2)21-13-12-18(3)14-24(21)31-25(30)16-29-23-11-6-5-10-22(23)28(4)26(29)19-8-7-9-20(27)15-19;/h5-11,15,17-18,21,24H,12-14,16H2,1-4H3;1H/q+1;/p-1/t18-,21+,24?;/m1./s1. The molecule has 32 heavy (non-hydrogen) atoms. The normalized spacial score (nSPS) is 20.9. The molecule has 0 radical (unpaired) electrons. The van der Waals surface area contributed by atoms with E-state index in [0.717, 1.165) is 35.3 Å². The molecule has 0 aliphatic heterocycles. The smallest absolute Gasteiger partial charge is 0.348 e. The number of imidazole rings is 1. The average Bonchev–Trinajstić information content (AvgIpc) is 2.99. The second-order valence-corrected chi connectivity index (χ2v) is 9.76. The SMILES string of the molecule is CC(C)[C@@H]1CC[C@@H](C)CC1OC(=O)Cn1c(-c2cccc(Cl)c2)[n+](C)c2ccccc21.[I-]. The zero-order valence-corrected chi connectivity index (χ0v) is 22.1. The lowest BCUT2D eigenvalue weighted by molar-refractivity contribution is -0.634. The molecule has 172 valence electrons. The van der Waals surface area contributed by atoms with Crippen LogP contribution in [0.3, 0.4) is 0 Å². The summed E-state index contributed by atoms with van der Waals surface area (Å²) < 4.78 is 10.3. The van der Waals surface area contributed by atoms with E-state index in [1.165, 1.54) is 6.42 Å². The zero-order valence-electron chi connectivity index (χ0n) is 19.2. The highest BCUT2D eigenvalue weighted by Crippen LogP contribution is 2.35. The molecule has 0 N–H and O–H groups in total. The molecule has 1 unspecified atom stereocenters. The molecule has 0 bridgehead atoms. The largest absolute Gasteiger partial charge is 1.00 e. The molecule has 1 heterocycles. The van der Waals surface area contributed by atoms with E-state index in [1.54, 1.807) is 0 Å².